The molecule has 0 saturated heterocycles. The average Bonchev–Trinajstić information content (AvgIpc) is 2.88. The van der Waals surface area contributed by atoms with E-state index in [0.29, 0.717) is 12.1 Å². The number of methoxy groups -OCH3 is 1. The predicted molar refractivity (Wildman–Crippen MR) is 68.0 cm³/mol. The van der Waals surface area contributed by atoms with E-state index < -0.39 is 0 Å². The van der Waals surface area contributed by atoms with Gasteiger partial charge in [0.15, 0.2) is 5.17 Å². The van der Waals surface area contributed by atoms with Crippen molar-refractivity contribution >= 4 is 16.9 Å². The summed E-state index contributed by atoms with van der Waals surface area (Å²) in [4.78, 5) is 4.62. The molecule has 0 aromatic carbocycles. The fraction of sp³-hybridized carbons (Fsp3) is 0.917. The van der Waals surface area contributed by atoms with Gasteiger partial charge in [-0.1, -0.05) is 11.8 Å². The van der Waals surface area contributed by atoms with Crippen molar-refractivity contribution in [1.29, 1.82) is 0 Å². The van der Waals surface area contributed by atoms with E-state index in [1.807, 2.05) is 18.9 Å². The Labute approximate surface area is 101 Å². The number of nitrogens with zero attached hydrogens (tertiary/aromatic N) is 1. The highest BCUT2D eigenvalue weighted by Crippen LogP contribution is 2.41. The standard InChI is InChI=1S/C12H20N2OS/c1-15-10-5-4-9(6-10)14-12-13-7-11(16-12)8-2-3-8/h8-11H,2-7H2,1H3,(H,13,14). The van der Waals surface area contributed by atoms with Gasteiger partial charge in [-0.15, -0.1) is 0 Å². The van der Waals surface area contributed by atoms with Crippen LogP contribution in [0.5, 0.6) is 0 Å². The Kier molecular flexibility index (Phi) is 3.11. The summed E-state index contributed by atoms with van der Waals surface area (Å²) in [5.74, 6) is 0.961. The van der Waals surface area contributed by atoms with Crippen molar-refractivity contribution in [2.75, 3.05) is 13.7 Å². The van der Waals surface area contributed by atoms with Crippen LogP contribution in [0, 0.1) is 5.92 Å². The number of hydrogen-bond donors (Lipinski definition) is 1. The third kappa shape index (κ3) is 2.38. The quantitative estimate of drug-likeness (QED) is 0.819. The van der Waals surface area contributed by atoms with E-state index in [2.05, 4.69) is 10.3 Å². The van der Waals surface area contributed by atoms with Crippen LogP contribution in [0.2, 0.25) is 0 Å². The monoisotopic (exact) mass is 240 g/mol. The first-order chi connectivity index (χ1) is 7.85. The Hall–Kier alpha value is -0.220. The van der Waals surface area contributed by atoms with Crippen LogP contribution in [0.15, 0.2) is 4.99 Å². The molecule has 3 unspecified atom stereocenters. The van der Waals surface area contributed by atoms with Crippen LogP contribution < -0.4 is 5.32 Å². The molecule has 3 nitrogen and oxygen atoms in total. The van der Waals surface area contributed by atoms with E-state index in [0.717, 1.165) is 24.1 Å². The summed E-state index contributed by atoms with van der Waals surface area (Å²) >= 11 is 1.98. The van der Waals surface area contributed by atoms with E-state index in [-0.39, 0.29) is 0 Å². The number of hydrogen-bond acceptors (Lipinski definition) is 4. The van der Waals surface area contributed by atoms with Crippen molar-refractivity contribution < 1.29 is 4.74 Å². The van der Waals surface area contributed by atoms with Gasteiger partial charge in [0.2, 0.25) is 0 Å². The molecule has 0 bridgehead atoms. The van der Waals surface area contributed by atoms with Crippen LogP contribution in [-0.4, -0.2) is 36.2 Å². The lowest BCUT2D eigenvalue weighted by Gasteiger charge is -2.14. The first-order valence-electron chi connectivity index (χ1n) is 6.35. The van der Waals surface area contributed by atoms with Crippen molar-refractivity contribution in [1.82, 2.24) is 5.32 Å². The molecule has 0 radical (unpaired) electrons. The molecule has 0 amide bonds. The van der Waals surface area contributed by atoms with Gasteiger partial charge in [-0.2, -0.15) is 0 Å². The number of nitrogens with one attached hydrogen (secondary N) is 1. The van der Waals surface area contributed by atoms with Crippen LogP contribution >= 0.6 is 11.8 Å². The first kappa shape index (κ1) is 10.9. The molecule has 2 saturated carbocycles. The van der Waals surface area contributed by atoms with E-state index in [1.54, 1.807) is 0 Å². The molecule has 1 N–H and O–H groups in total. The molecule has 0 aromatic heterocycles. The minimum absolute atomic E-state index is 0.462. The topological polar surface area (TPSA) is 33.6 Å². The highest BCUT2D eigenvalue weighted by Gasteiger charge is 2.36. The molecule has 1 aliphatic heterocycles. The summed E-state index contributed by atoms with van der Waals surface area (Å²) in [6.45, 7) is 1.04. The largest absolute Gasteiger partial charge is 0.381 e. The summed E-state index contributed by atoms with van der Waals surface area (Å²) in [7, 11) is 1.82. The second kappa shape index (κ2) is 4.57. The lowest BCUT2D eigenvalue weighted by Crippen LogP contribution is -2.31. The van der Waals surface area contributed by atoms with Gasteiger partial charge < -0.3 is 10.1 Å². The van der Waals surface area contributed by atoms with Crippen LogP contribution in [0.4, 0.5) is 0 Å². The van der Waals surface area contributed by atoms with Crippen molar-refractivity contribution in [2.45, 2.75) is 49.5 Å². The molecule has 90 valence electrons. The Morgan fingerprint density at radius 1 is 1.31 bits per heavy atom. The maximum absolute atomic E-state index is 5.39. The smallest absolute Gasteiger partial charge is 0.157 e. The fourth-order valence-corrected chi connectivity index (χ4v) is 3.93. The number of aliphatic imine (C=N–C) groups is 1. The highest BCUT2D eigenvalue weighted by molar-refractivity contribution is 8.14. The van der Waals surface area contributed by atoms with E-state index in [1.165, 1.54) is 30.9 Å². The second-order valence-corrected chi connectivity index (χ2v) is 6.38. The van der Waals surface area contributed by atoms with Crippen LogP contribution in [-0.2, 0) is 4.74 Å². The molecule has 3 rings (SSSR count). The van der Waals surface area contributed by atoms with Crippen LogP contribution in [0.3, 0.4) is 0 Å². The number of ether oxygens (including phenoxy) is 1. The fourth-order valence-electron chi connectivity index (χ4n) is 2.64. The van der Waals surface area contributed by atoms with Gasteiger partial charge in [-0.25, -0.2) is 0 Å². The Morgan fingerprint density at radius 3 is 2.88 bits per heavy atom. The van der Waals surface area contributed by atoms with Crippen molar-refractivity contribution in [2.24, 2.45) is 10.9 Å². The molecule has 1 heterocycles. The van der Waals surface area contributed by atoms with E-state index in [9.17, 15) is 0 Å². The zero-order valence-corrected chi connectivity index (χ0v) is 10.6. The van der Waals surface area contributed by atoms with Gasteiger partial charge >= 0.3 is 0 Å². The summed E-state index contributed by atoms with van der Waals surface area (Å²) in [5, 5.41) is 5.56. The summed E-state index contributed by atoms with van der Waals surface area (Å²) in [6, 6.07) is 0.592. The Morgan fingerprint density at radius 2 is 2.19 bits per heavy atom. The van der Waals surface area contributed by atoms with Crippen molar-refractivity contribution in [3.8, 4) is 0 Å². The molecular weight excluding hydrogens is 220 g/mol. The average molecular weight is 240 g/mol. The highest BCUT2D eigenvalue weighted by atomic mass is 32.2. The minimum Gasteiger partial charge on any atom is -0.381 e. The molecule has 2 aliphatic carbocycles. The van der Waals surface area contributed by atoms with Crippen molar-refractivity contribution in [3.05, 3.63) is 0 Å². The molecule has 2 fully saturated rings. The third-order valence-electron chi connectivity index (χ3n) is 3.87. The maximum atomic E-state index is 5.39. The van der Waals surface area contributed by atoms with Gasteiger partial charge in [-0.05, 0) is 38.0 Å². The lowest BCUT2D eigenvalue weighted by atomic mass is 10.2. The summed E-state index contributed by atoms with van der Waals surface area (Å²) in [5.41, 5.74) is 0. The predicted octanol–water partition coefficient (Wildman–Crippen LogP) is 2.02. The van der Waals surface area contributed by atoms with Gasteiger partial charge in [0, 0.05) is 18.4 Å². The zero-order chi connectivity index (χ0) is 11.0. The summed E-state index contributed by atoms with van der Waals surface area (Å²) < 4.78 is 5.39. The third-order valence-corrected chi connectivity index (χ3v) is 5.18. The molecule has 0 aromatic rings. The molecular formula is C12H20N2OS. The number of rotatable bonds is 3. The molecule has 3 atom stereocenters. The zero-order valence-electron chi connectivity index (χ0n) is 9.82. The molecule has 0 spiro atoms. The molecule has 3 aliphatic rings. The maximum Gasteiger partial charge on any atom is 0.157 e. The normalized spacial score (nSPS) is 38.8. The van der Waals surface area contributed by atoms with Crippen molar-refractivity contribution in [3.63, 3.8) is 0 Å². The number of amidine groups is 1. The lowest BCUT2D eigenvalue weighted by molar-refractivity contribution is 0.107. The number of thioether (sulfide) groups is 1. The SMILES string of the molecule is COC1CCC(NC2=NCC(C3CC3)S2)C1. The second-order valence-electron chi connectivity index (χ2n) is 5.15. The minimum atomic E-state index is 0.462. The van der Waals surface area contributed by atoms with Crippen LogP contribution in [0.1, 0.15) is 32.1 Å². The van der Waals surface area contributed by atoms with Gasteiger partial charge in [0.1, 0.15) is 0 Å². The Balaban J connectivity index is 1.45. The Bertz CT molecular complexity index is 291. The van der Waals surface area contributed by atoms with Gasteiger partial charge in [-0.3, -0.25) is 4.99 Å². The van der Waals surface area contributed by atoms with Gasteiger partial charge in [0.25, 0.3) is 0 Å². The molecule has 16 heavy (non-hydrogen) atoms. The van der Waals surface area contributed by atoms with Gasteiger partial charge in [0.05, 0.1) is 12.6 Å². The first-order valence-corrected chi connectivity index (χ1v) is 7.23. The van der Waals surface area contributed by atoms with E-state index >= 15 is 0 Å². The van der Waals surface area contributed by atoms with Crippen LogP contribution in [0.25, 0.3) is 0 Å². The molecule has 4 heteroatoms. The van der Waals surface area contributed by atoms with E-state index in [4.69, 9.17) is 4.74 Å². The summed E-state index contributed by atoms with van der Waals surface area (Å²) in [6.07, 6.45) is 6.88.